The lowest BCUT2D eigenvalue weighted by molar-refractivity contribution is -0.266. The van der Waals surface area contributed by atoms with Crippen LogP contribution in [0, 0.1) is 5.92 Å². The first-order chi connectivity index (χ1) is 5.57. The molecule has 1 aliphatic rings. The molecule has 5 nitrogen and oxygen atoms in total. The summed E-state index contributed by atoms with van der Waals surface area (Å²) in [5.41, 5.74) is 0. The molecule has 1 aliphatic heterocycles. The molecule has 1 rings (SSSR count). The minimum absolute atomic E-state index is 0.415. The van der Waals surface area contributed by atoms with E-state index in [0.29, 0.717) is 0 Å². The molecular weight excluding hydrogens is 164 g/mol. The molecule has 72 valence electrons. The Labute approximate surface area is 70.2 Å². The maximum Gasteiger partial charge on any atom is 0.160 e. The maximum absolute atomic E-state index is 9.32. The standard InChI is InChI=1S/C7H14O5/c1-3-5(9)6(10)4(2-8)12-7(3)11/h3-11H,2H2,1H3/t3-,4?,5?,6?,7?/m1/s1. The molecule has 4 N–H and O–H groups in total. The largest absolute Gasteiger partial charge is 0.394 e. The Morgan fingerprint density at radius 1 is 1.17 bits per heavy atom. The molecule has 5 atom stereocenters. The second-order valence-corrected chi connectivity index (χ2v) is 3.09. The van der Waals surface area contributed by atoms with Crippen molar-refractivity contribution in [2.75, 3.05) is 6.61 Å². The summed E-state index contributed by atoms with van der Waals surface area (Å²) >= 11 is 0. The molecule has 5 heteroatoms. The zero-order chi connectivity index (χ0) is 9.30. The molecule has 0 aromatic rings. The summed E-state index contributed by atoms with van der Waals surface area (Å²) in [5.74, 6) is -0.539. The zero-order valence-corrected chi connectivity index (χ0v) is 6.79. The third kappa shape index (κ3) is 1.60. The van der Waals surface area contributed by atoms with Crippen molar-refractivity contribution in [3.05, 3.63) is 0 Å². The first-order valence-corrected chi connectivity index (χ1v) is 3.88. The number of aliphatic hydroxyl groups is 4. The van der Waals surface area contributed by atoms with Crippen molar-refractivity contribution in [1.82, 2.24) is 0 Å². The molecule has 0 spiro atoms. The van der Waals surface area contributed by atoms with Crippen LogP contribution < -0.4 is 0 Å². The van der Waals surface area contributed by atoms with Gasteiger partial charge < -0.3 is 25.2 Å². The van der Waals surface area contributed by atoms with Gasteiger partial charge in [0.1, 0.15) is 12.2 Å². The Kier molecular flexibility index (Phi) is 3.03. The van der Waals surface area contributed by atoms with Gasteiger partial charge in [-0.3, -0.25) is 0 Å². The predicted octanol–water partition coefficient (Wildman–Crippen LogP) is -1.95. The summed E-state index contributed by atoms with van der Waals surface area (Å²) < 4.78 is 4.83. The summed E-state index contributed by atoms with van der Waals surface area (Å²) in [7, 11) is 0. The zero-order valence-electron chi connectivity index (χ0n) is 6.79. The molecule has 0 amide bonds. The molecular formula is C7H14O5. The highest BCUT2D eigenvalue weighted by Crippen LogP contribution is 2.23. The van der Waals surface area contributed by atoms with Crippen LogP contribution >= 0.6 is 0 Å². The van der Waals surface area contributed by atoms with Crippen molar-refractivity contribution in [3.63, 3.8) is 0 Å². The Hall–Kier alpha value is -0.200. The summed E-state index contributed by atoms with van der Waals surface area (Å²) in [6, 6.07) is 0. The van der Waals surface area contributed by atoms with Gasteiger partial charge in [-0.25, -0.2) is 0 Å². The topological polar surface area (TPSA) is 90.2 Å². The minimum atomic E-state index is -1.13. The molecule has 1 saturated heterocycles. The summed E-state index contributed by atoms with van der Waals surface area (Å²) in [4.78, 5) is 0. The van der Waals surface area contributed by atoms with Crippen molar-refractivity contribution in [2.24, 2.45) is 5.92 Å². The van der Waals surface area contributed by atoms with Gasteiger partial charge in [-0.15, -0.1) is 0 Å². The van der Waals surface area contributed by atoms with Crippen molar-refractivity contribution in [2.45, 2.75) is 31.5 Å². The van der Waals surface area contributed by atoms with Crippen LogP contribution in [0.1, 0.15) is 6.92 Å². The maximum atomic E-state index is 9.32. The van der Waals surface area contributed by atoms with Gasteiger partial charge in [-0.2, -0.15) is 0 Å². The monoisotopic (exact) mass is 178 g/mol. The highest BCUT2D eigenvalue weighted by atomic mass is 16.6. The SMILES string of the molecule is C[C@H]1C(O)OC(CO)C(O)C1O. The van der Waals surface area contributed by atoms with E-state index in [2.05, 4.69) is 0 Å². The van der Waals surface area contributed by atoms with Crippen molar-refractivity contribution >= 4 is 0 Å². The van der Waals surface area contributed by atoms with Crippen LogP contribution in [-0.2, 0) is 4.74 Å². The van der Waals surface area contributed by atoms with Gasteiger partial charge in [0, 0.05) is 5.92 Å². The van der Waals surface area contributed by atoms with E-state index in [1.165, 1.54) is 0 Å². The van der Waals surface area contributed by atoms with E-state index in [1.807, 2.05) is 0 Å². The lowest BCUT2D eigenvalue weighted by Gasteiger charge is -2.38. The van der Waals surface area contributed by atoms with Crippen LogP contribution in [0.5, 0.6) is 0 Å². The first kappa shape index (κ1) is 9.88. The van der Waals surface area contributed by atoms with Gasteiger partial charge in [-0.05, 0) is 0 Å². The molecule has 1 fully saturated rings. The van der Waals surface area contributed by atoms with E-state index < -0.39 is 37.1 Å². The third-order valence-electron chi connectivity index (χ3n) is 2.21. The van der Waals surface area contributed by atoms with E-state index in [4.69, 9.17) is 14.9 Å². The van der Waals surface area contributed by atoms with Gasteiger partial charge in [0.2, 0.25) is 0 Å². The number of aliphatic hydroxyl groups excluding tert-OH is 4. The van der Waals surface area contributed by atoms with E-state index in [9.17, 15) is 10.2 Å². The van der Waals surface area contributed by atoms with E-state index in [-0.39, 0.29) is 0 Å². The average molecular weight is 178 g/mol. The van der Waals surface area contributed by atoms with E-state index in [0.717, 1.165) is 0 Å². The Morgan fingerprint density at radius 3 is 2.25 bits per heavy atom. The second kappa shape index (κ2) is 3.68. The molecule has 1 heterocycles. The van der Waals surface area contributed by atoms with E-state index in [1.54, 1.807) is 6.92 Å². The van der Waals surface area contributed by atoms with E-state index >= 15 is 0 Å². The minimum Gasteiger partial charge on any atom is -0.394 e. The highest BCUT2D eigenvalue weighted by molar-refractivity contribution is 4.86. The van der Waals surface area contributed by atoms with Crippen LogP contribution in [0.15, 0.2) is 0 Å². The third-order valence-corrected chi connectivity index (χ3v) is 2.21. The number of ether oxygens (including phenoxy) is 1. The molecule has 0 aliphatic carbocycles. The number of rotatable bonds is 1. The normalized spacial score (nSPS) is 49.2. The fourth-order valence-corrected chi connectivity index (χ4v) is 1.23. The van der Waals surface area contributed by atoms with Crippen molar-refractivity contribution < 1.29 is 25.2 Å². The molecule has 0 aromatic heterocycles. The average Bonchev–Trinajstić information content (AvgIpc) is 2.08. The molecule has 0 bridgehead atoms. The Balaban J connectivity index is 2.63. The van der Waals surface area contributed by atoms with Gasteiger partial charge in [-0.1, -0.05) is 6.92 Å². The Morgan fingerprint density at radius 2 is 1.75 bits per heavy atom. The summed E-state index contributed by atoms with van der Waals surface area (Å²) in [6.45, 7) is 1.15. The molecule has 0 radical (unpaired) electrons. The molecule has 4 unspecified atom stereocenters. The summed E-state index contributed by atoms with van der Waals surface area (Å²) in [5, 5.41) is 36.4. The predicted molar refractivity (Wildman–Crippen MR) is 39.1 cm³/mol. The quantitative estimate of drug-likeness (QED) is 0.375. The van der Waals surface area contributed by atoms with Gasteiger partial charge >= 0.3 is 0 Å². The van der Waals surface area contributed by atoms with Crippen LogP contribution in [0.4, 0.5) is 0 Å². The van der Waals surface area contributed by atoms with Crippen LogP contribution in [-0.4, -0.2) is 51.6 Å². The highest BCUT2D eigenvalue weighted by Gasteiger charge is 2.40. The summed E-state index contributed by atoms with van der Waals surface area (Å²) in [6.07, 6.45) is -4.20. The van der Waals surface area contributed by atoms with Gasteiger partial charge in [0.25, 0.3) is 0 Å². The number of hydrogen-bond acceptors (Lipinski definition) is 5. The van der Waals surface area contributed by atoms with Crippen LogP contribution in [0.25, 0.3) is 0 Å². The molecule has 12 heavy (non-hydrogen) atoms. The fraction of sp³-hybridized carbons (Fsp3) is 1.00. The van der Waals surface area contributed by atoms with Crippen LogP contribution in [0.2, 0.25) is 0 Å². The van der Waals surface area contributed by atoms with Crippen molar-refractivity contribution in [3.8, 4) is 0 Å². The van der Waals surface area contributed by atoms with Gasteiger partial charge in [0.15, 0.2) is 6.29 Å². The lowest BCUT2D eigenvalue weighted by atomic mass is 9.93. The Bertz CT molecular complexity index is 146. The molecule has 0 saturated carbocycles. The molecule has 0 aromatic carbocycles. The van der Waals surface area contributed by atoms with Gasteiger partial charge in [0.05, 0.1) is 12.7 Å². The van der Waals surface area contributed by atoms with Crippen molar-refractivity contribution in [1.29, 1.82) is 0 Å². The second-order valence-electron chi connectivity index (χ2n) is 3.09. The lowest BCUT2D eigenvalue weighted by Crippen LogP contribution is -2.54. The van der Waals surface area contributed by atoms with Crippen LogP contribution in [0.3, 0.4) is 0 Å². The first-order valence-electron chi connectivity index (χ1n) is 3.88. The number of hydrogen-bond donors (Lipinski definition) is 4. The fourth-order valence-electron chi connectivity index (χ4n) is 1.23. The smallest absolute Gasteiger partial charge is 0.160 e.